The molecule has 6 heteroatoms. The van der Waals surface area contributed by atoms with Crippen LogP contribution in [0.3, 0.4) is 0 Å². The standard InChI is InChI=1S/C11H17N3O3/c1-2-4-9(7-11(16)17)13-10(15)8-14-6-3-5-12-14/h3,5-6,9H,2,4,7-8H2,1H3,(H,13,15)(H,16,17). The number of rotatable bonds is 7. The minimum absolute atomic E-state index is 0.0430. The van der Waals surface area contributed by atoms with Gasteiger partial charge in [-0.15, -0.1) is 0 Å². The van der Waals surface area contributed by atoms with Gasteiger partial charge in [-0.2, -0.15) is 5.10 Å². The van der Waals surface area contributed by atoms with Crippen molar-refractivity contribution >= 4 is 11.9 Å². The Morgan fingerprint density at radius 3 is 2.82 bits per heavy atom. The third kappa shape index (κ3) is 5.14. The van der Waals surface area contributed by atoms with Gasteiger partial charge >= 0.3 is 5.97 Å². The van der Waals surface area contributed by atoms with Crippen molar-refractivity contribution in [2.24, 2.45) is 0 Å². The van der Waals surface area contributed by atoms with Crippen LogP contribution in [0.1, 0.15) is 26.2 Å². The third-order valence-corrected chi connectivity index (χ3v) is 2.29. The molecule has 0 fully saturated rings. The number of carboxylic acid groups (broad SMARTS) is 1. The number of carbonyl (C=O) groups is 2. The fraction of sp³-hybridized carbons (Fsp3) is 0.545. The molecule has 1 aromatic rings. The highest BCUT2D eigenvalue weighted by Crippen LogP contribution is 2.02. The summed E-state index contributed by atoms with van der Waals surface area (Å²) in [5.41, 5.74) is 0. The molecule has 6 nitrogen and oxygen atoms in total. The summed E-state index contributed by atoms with van der Waals surface area (Å²) in [6, 6.07) is 1.43. The number of nitrogens with zero attached hydrogens (tertiary/aromatic N) is 2. The third-order valence-electron chi connectivity index (χ3n) is 2.29. The maximum atomic E-state index is 11.6. The molecule has 0 spiro atoms. The molecule has 2 N–H and O–H groups in total. The van der Waals surface area contributed by atoms with Crippen molar-refractivity contribution < 1.29 is 14.7 Å². The second-order valence-corrected chi connectivity index (χ2v) is 3.85. The minimum atomic E-state index is -0.900. The Labute approximate surface area is 99.6 Å². The molecule has 1 amide bonds. The Balaban J connectivity index is 2.43. The van der Waals surface area contributed by atoms with Gasteiger partial charge in [0.15, 0.2) is 0 Å². The van der Waals surface area contributed by atoms with Gasteiger partial charge in [0.1, 0.15) is 6.54 Å². The first kappa shape index (κ1) is 13.2. The Kier molecular flexibility index (Phi) is 5.19. The van der Waals surface area contributed by atoms with Crippen LogP contribution < -0.4 is 5.32 Å². The van der Waals surface area contributed by atoms with E-state index in [-0.39, 0.29) is 24.9 Å². The van der Waals surface area contributed by atoms with Crippen LogP contribution in [0.4, 0.5) is 0 Å². The monoisotopic (exact) mass is 239 g/mol. The molecular formula is C11H17N3O3. The first-order valence-corrected chi connectivity index (χ1v) is 5.60. The predicted octanol–water partition coefficient (Wildman–Crippen LogP) is 0.643. The molecule has 1 atom stereocenters. The van der Waals surface area contributed by atoms with E-state index in [0.717, 1.165) is 6.42 Å². The number of carbonyl (C=O) groups excluding carboxylic acids is 1. The Bertz CT molecular complexity index is 362. The molecule has 0 radical (unpaired) electrons. The summed E-state index contributed by atoms with van der Waals surface area (Å²) in [7, 11) is 0. The number of hydrogen-bond acceptors (Lipinski definition) is 3. The summed E-state index contributed by atoms with van der Waals surface area (Å²) in [4.78, 5) is 22.2. The van der Waals surface area contributed by atoms with Crippen LogP contribution in [0.15, 0.2) is 18.5 Å². The van der Waals surface area contributed by atoms with Gasteiger partial charge in [0, 0.05) is 18.4 Å². The topological polar surface area (TPSA) is 84.2 Å². The summed E-state index contributed by atoms with van der Waals surface area (Å²) < 4.78 is 1.50. The lowest BCUT2D eigenvalue weighted by molar-refractivity contribution is -0.137. The van der Waals surface area contributed by atoms with Crippen LogP contribution >= 0.6 is 0 Å². The number of aromatic nitrogens is 2. The maximum absolute atomic E-state index is 11.6. The highest BCUT2D eigenvalue weighted by Gasteiger charge is 2.15. The lowest BCUT2D eigenvalue weighted by Crippen LogP contribution is -2.38. The lowest BCUT2D eigenvalue weighted by Gasteiger charge is -2.15. The molecule has 1 heterocycles. The van der Waals surface area contributed by atoms with E-state index in [1.807, 2.05) is 6.92 Å². The molecule has 94 valence electrons. The molecule has 0 aliphatic rings. The normalized spacial score (nSPS) is 12.1. The summed E-state index contributed by atoms with van der Waals surface area (Å²) in [5.74, 6) is -1.11. The molecule has 0 aliphatic carbocycles. The number of aliphatic carboxylic acids is 1. The Morgan fingerprint density at radius 1 is 1.53 bits per heavy atom. The van der Waals surface area contributed by atoms with Crippen molar-refractivity contribution in [1.82, 2.24) is 15.1 Å². The zero-order valence-electron chi connectivity index (χ0n) is 9.80. The smallest absolute Gasteiger partial charge is 0.305 e. The minimum Gasteiger partial charge on any atom is -0.481 e. The van der Waals surface area contributed by atoms with E-state index in [2.05, 4.69) is 10.4 Å². The quantitative estimate of drug-likeness (QED) is 0.731. The average Bonchev–Trinajstić information content (AvgIpc) is 2.69. The zero-order chi connectivity index (χ0) is 12.7. The van der Waals surface area contributed by atoms with Crippen molar-refractivity contribution in [1.29, 1.82) is 0 Å². The van der Waals surface area contributed by atoms with Crippen molar-refractivity contribution in [2.45, 2.75) is 38.8 Å². The highest BCUT2D eigenvalue weighted by atomic mass is 16.4. The molecule has 0 bridgehead atoms. The molecule has 1 rings (SSSR count). The molecule has 0 aliphatic heterocycles. The number of amides is 1. The van der Waals surface area contributed by atoms with E-state index in [1.165, 1.54) is 4.68 Å². The Morgan fingerprint density at radius 2 is 2.29 bits per heavy atom. The van der Waals surface area contributed by atoms with Gasteiger partial charge in [0.2, 0.25) is 5.91 Å². The van der Waals surface area contributed by atoms with Gasteiger partial charge in [-0.25, -0.2) is 0 Å². The van der Waals surface area contributed by atoms with Crippen LogP contribution in [0.2, 0.25) is 0 Å². The molecule has 0 saturated heterocycles. The molecule has 0 saturated carbocycles. The number of carboxylic acids is 1. The van der Waals surface area contributed by atoms with Gasteiger partial charge in [-0.1, -0.05) is 13.3 Å². The van der Waals surface area contributed by atoms with E-state index in [9.17, 15) is 9.59 Å². The largest absolute Gasteiger partial charge is 0.481 e. The summed E-state index contributed by atoms with van der Waals surface area (Å²) in [6.07, 6.45) is 4.73. The molecule has 17 heavy (non-hydrogen) atoms. The number of nitrogens with one attached hydrogen (secondary N) is 1. The van der Waals surface area contributed by atoms with E-state index >= 15 is 0 Å². The maximum Gasteiger partial charge on any atom is 0.305 e. The van der Waals surface area contributed by atoms with Gasteiger partial charge in [0.05, 0.1) is 6.42 Å². The molecule has 1 unspecified atom stereocenters. The summed E-state index contributed by atoms with van der Waals surface area (Å²) >= 11 is 0. The SMILES string of the molecule is CCCC(CC(=O)O)NC(=O)Cn1cccn1. The van der Waals surface area contributed by atoms with E-state index in [1.54, 1.807) is 18.5 Å². The van der Waals surface area contributed by atoms with Crippen molar-refractivity contribution in [3.05, 3.63) is 18.5 Å². The van der Waals surface area contributed by atoms with E-state index < -0.39 is 5.97 Å². The van der Waals surface area contributed by atoms with Crippen molar-refractivity contribution in [3.63, 3.8) is 0 Å². The van der Waals surface area contributed by atoms with Crippen LogP contribution in [-0.2, 0) is 16.1 Å². The van der Waals surface area contributed by atoms with Crippen LogP contribution in [0, 0.1) is 0 Å². The second-order valence-electron chi connectivity index (χ2n) is 3.85. The molecule has 1 aromatic heterocycles. The number of hydrogen-bond donors (Lipinski definition) is 2. The zero-order valence-corrected chi connectivity index (χ0v) is 9.80. The Hall–Kier alpha value is -1.85. The van der Waals surface area contributed by atoms with E-state index in [4.69, 9.17) is 5.11 Å². The predicted molar refractivity (Wildman–Crippen MR) is 61.3 cm³/mol. The fourth-order valence-corrected chi connectivity index (χ4v) is 1.60. The van der Waals surface area contributed by atoms with Crippen molar-refractivity contribution in [2.75, 3.05) is 0 Å². The van der Waals surface area contributed by atoms with Gasteiger partial charge < -0.3 is 10.4 Å². The fourth-order valence-electron chi connectivity index (χ4n) is 1.60. The van der Waals surface area contributed by atoms with E-state index in [0.29, 0.717) is 6.42 Å². The highest BCUT2D eigenvalue weighted by molar-refractivity contribution is 5.77. The summed E-state index contributed by atoms with van der Waals surface area (Å²) in [6.45, 7) is 2.07. The second kappa shape index (κ2) is 6.67. The van der Waals surface area contributed by atoms with Crippen LogP contribution in [0.5, 0.6) is 0 Å². The van der Waals surface area contributed by atoms with Crippen LogP contribution in [0.25, 0.3) is 0 Å². The first-order chi connectivity index (χ1) is 8.11. The summed E-state index contributed by atoms with van der Waals surface area (Å²) in [5, 5.41) is 15.3. The average molecular weight is 239 g/mol. The van der Waals surface area contributed by atoms with Gasteiger partial charge in [-0.05, 0) is 12.5 Å². The molecule has 0 aromatic carbocycles. The van der Waals surface area contributed by atoms with Crippen LogP contribution in [-0.4, -0.2) is 32.8 Å². The van der Waals surface area contributed by atoms with Crippen molar-refractivity contribution in [3.8, 4) is 0 Å². The molecular weight excluding hydrogens is 222 g/mol. The lowest BCUT2D eigenvalue weighted by atomic mass is 10.1. The first-order valence-electron chi connectivity index (χ1n) is 5.60. The van der Waals surface area contributed by atoms with Gasteiger partial charge in [0.25, 0.3) is 0 Å². The van der Waals surface area contributed by atoms with Gasteiger partial charge in [-0.3, -0.25) is 14.3 Å².